The zero-order chi connectivity index (χ0) is 14.5. The Morgan fingerprint density at radius 2 is 2.25 bits per heavy atom. The topological polar surface area (TPSA) is 69.1 Å². The van der Waals surface area contributed by atoms with Gasteiger partial charge in [-0.15, -0.1) is 0 Å². The molecule has 2 aromatic rings. The quantitative estimate of drug-likeness (QED) is 0.908. The highest BCUT2D eigenvalue weighted by molar-refractivity contribution is 5.98. The third-order valence-corrected chi connectivity index (χ3v) is 3.04. The summed E-state index contributed by atoms with van der Waals surface area (Å²) in [5.74, 6) is 0.660. The first-order valence-electron chi connectivity index (χ1n) is 6.53. The number of aromatic amines is 1. The Morgan fingerprint density at radius 3 is 2.95 bits per heavy atom. The Balaban J connectivity index is 2.23. The van der Waals surface area contributed by atoms with Crippen LogP contribution in [0.4, 0.5) is 0 Å². The number of amides is 1. The Labute approximate surface area is 117 Å². The van der Waals surface area contributed by atoms with Crippen molar-refractivity contribution in [1.82, 2.24) is 9.88 Å². The maximum atomic E-state index is 12.2. The number of benzene rings is 1. The number of fused-ring (bicyclic) bond motifs is 1. The van der Waals surface area contributed by atoms with Gasteiger partial charge in [0.15, 0.2) is 0 Å². The van der Waals surface area contributed by atoms with Gasteiger partial charge in [-0.2, -0.15) is 5.26 Å². The third kappa shape index (κ3) is 2.91. The second-order valence-electron chi connectivity index (χ2n) is 4.50. The molecule has 5 heteroatoms. The Bertz CT molecular complexity index is 655. The lowest BCUT2D eigenvalue weighted by Gasteiger charge is -2.13. The number of ether oxygens (including phenoxy) is 1. The van der Waals surface area contributed by atoms with Crippen molar-refractivity contribution in [1.29, 1.82) is 5.26 Å². The molecule has 0 aliphatic carbocycles. The average Bonchev–Trinajstić information content (AvgIpc) is 2.87. The second-order valence-corrected chi connectivity index (χ2v) is 4.50. The normalized spacial score (nSPS) is 10.2. The van der Waals surface area contributed by atoms with Gasteiger partial charge in [-0.3, -0.25) is 4.79 Å². The Morgan fingerprint density at radius 1 is 1.45 bits per heavy atom. The summed E-state index contributed by atoms with van der Waals surface area (Å²) in [6, 6.07) is 9.53. The van der Waals surface area contributed by atoms with Crippen molar-refractivity contribution in [2.45, 2.75) is 13.3 Å². The van der Waals surface area contributed by atoms with E-state index in [4.69, 9.17) is 10.00 Å². The molecule has 1 amide bonds. The second kappa shape index (κ2) is 6.11. The van der Waals surface area contributed by atoms with Gasteiger partial charge >= 0.3 is 0 Å². The molecule has 0 saturated heterocycles. The minimum absolute atomic E-state index is 0.116. The number of H-pyrrole nitrogens is 1. The number of hydrogen-bond donors (Lipinski definition) is 1. The molecule has 0 aliphatic rings. The molecule has 1 heterocycles. The molecule has 0 aliphatic heterocycles. The van der Waals surface area contributed by atoms with Gasteiger partial charge in [0.2, 0.25) is 0 Å². The summed E-state index contributed by atoms with van der Waals surface area (Å²) >= 11 is 0. The van der Waals surface area contributed by atoms with E-state index in [1.165, 1.54) is 4.90 Å². The van der Waals surface area contributed by atoms with Gasteiger partial charge in [-0.1, -0.05) is 0 Å². The number of hydrogen-bond acceptors (Lipinski definition) is 3. The van der Waals surface area contributed by atoms with Gasteiger partial charge in [-0.25, -0.2) is 0 Å². The van der Waals surface area contributed by atoms with Gasteiger partial charge in [0.1, 0.15) is 11.4 Å². The lowest BCUT2D eigenvalue weighted by Crippen LogP contribution is -2.27. The molecule has 0 atom stereocenters. The summed E-state index contributed by atoms with van der Waals surface area (Å²) < 4.78 is 5.43. The highest BCUT2D eigenvalue weighted by Crippen LogP contribution is 2.22. The number of nitrogens with zero attached hydrogens (tertiary/aromatic N) is 2. The van der Waals surface area contributed by atoms with Crippen molar-refractivity contribution in [2.75, 3.05) is 20.2 Å². The molecular weight excluding hydrogens is 254 g/mol. The molecule has 0 spiro atoms. The molecule has 5 nitrogen and oxygen atoms in total. The van der Waals surface area contributed by atoms with Crippen LogP contribution >= 0.6 is 0 Å². The van der Waals surface area contributed by atoms with E-state index in [1.807, 2.05) is 37.3 Å². The van der Waals surface area contributed by atoms with E-state index in [0.29, 0.717) is 25.3 Å². The fourth-order valence-corrected chi connectivity index (χ4v) is 2.00. The number of aromatic nitrogens is 1. The summed E-state index contributed by atoms with van der Waals surface area (Å²) in [4.78, 5) is 16.8. The van der Waals surface area contributed by atoms with E-state index in [9.17, 15) is 4.79 Å². The van der Waals surface area contributed by atoms with Crippen molar-refractivity contribution in [2.24, 2.45) is 0 Å². The monoisotopic (exact) mass is 271 g/mol. The Kier molecular flexibility index (Phi) is 4.26. The van der Waals surface area contributed by atoms with Crippen LogP contribution in [-0.4, -0.2) is 36.0 Å². The zero-order valence-corrected chi connectivity index (χ0v) is 11.6. The van der Waals surface area contributed by atoms with Crippen LogP contribution in [-0.2, 0) is 0 Å². The van der Waals surface area contributed by atoms with E-state index in [1.54, 1.807) is 7.05 Å². The molecule has 0 unspecified atom stereocenters. The van der Waals surface area contributed by atoms with Crippen molar-refractivity contribution in [3.8, 4) is 11.8 Å². The number of nitrogens with one attached hydrogen (secondary N) is 1. The predicted molar refractivity (Wildman–Crippen MR) is 76.7 cm³/mol. The largest absolute Gasteiger partial charge is 0.494 e. The van der Waals surface area contributed by atoms with E-state index in [-0.39, 0.29) is 5.91 Å². The zero-order valence-electron chi connectivity index (χ0n) is 11.6. The van der Waals surface area contributed by atoms with Crippen LogP contribution in [0, 0.1) is 11.3 Å². The van der Waals surface area contributed by atoms with E-state index < -0.39 is 0 Å². The first-order valence-corrected chi connectivity index (χ1v) is 6.53. The molecule has 1 aromatic heterocycles. The van der Waals surface area contributed by atoms with Crippen LogP contribution in [0.15, 0.2) is 24.3 Å². The van der Waals surface area contributed by atoms with Crippen LogP contribution in [0.25, 0.3) is 10.9 Å². The minimum Gasteiger partial charge on any atom is -0.494 e. The lowest BCUT2D eigenvalue weighted by atomic mass is 10.2. The summed E-state index contributed by atoms with van der Waals surface area (Å²) in [5.41, 5.74) is 1.39. The minimum atomic E-state index is -0.116. The summed E-state index contributed by atoms with van der Waals surface area (Å²) in [7, 11) is 1.69. The fraction of sp³-hybridized carbons (Fsp3) is 0.333. The van der Waals surface area contributed by atoms with Crippen LogP contribution in [0.5, 0.6) is 5.75 Å². The molecule has 104 valence electrons. The van der Waals surface area contributed by atoms with Crippen LogP contribution in [0.2, 0.25) is 0 Å². The molecule has 0 bridgehead atoms. The standard InChI is InChI=1S/C15H17N3O2/c1-3-20-12-6-5-11-9-14(17-13(11)10-12)15(19)18(2)8-4-7-16/h5-6,9-10,17H,3-4,8H2,1-2H3. The molecule has 2 rings (SSSR count). The van der Waals surface area contributed by atoms with Gasteiger partial charge in [-0.05, 0) is 25.1 Å². The van der Waals surface area contributed by atoms with E-state index in [0.717, 1.165) is 16.7 Å². The fourth-order valence-electron chi connectivity index (χ4n) is 2.00. The van der Waals surface area contributed by atoms with E-state index in [2.05, 4.69) is 4.98 Å². The molecule has 20 heavy (non-hydrogen) atoms. The van der Waals surface area contributed by atoms with Crippen molar-refractivity contribution in [3.63, 3.8) is 0 Å². The highest BCUT2D eigenvalue weighted by Gasteiger charge is 2.14. The number of carbonyl (C=O) groups is 1. The molecule has 1 aromatic carbocycles. The molecule has 0 saturated carbocycles. The van der Waals surface area contributed by atoms with Gasteiger partial charge in [0, 0.05) is 30.6 Å². The maximum Gasteiger partial charge on any atom is 0.270 e. The highest BCUT2D eigenvalue weighted by atomic mass is 16.5. The third-order valence-electron chi connectivity index (χ3n) is 3.04. The van der Waals surface area contributed by atoms with Crippen molar-refractivity contribution < 1.29 is 9.53 Å². The van der Waals surface area contributed by atoms with E-state index >= 15 is 0 Å². The lowest BCUT2D eigenvalue weighted by molar-refractivity contribution is 0.0793. The predicted octanol–water partition coefficient (Wildman–Crippen LogP) is 2.55. The van der Waals surface area contributed by atoms with Crippen LogP contribution in [0.1, 0.15) is 23.8 Å². The smallest absolute Gasteiger partial charge is 0.270 e. The van der Waals surface area contributed by atoms with Crippen molar-refractivity contribution >= 4 is 16.8 Å². The summed E-state index contributed by atoms with van der Waals surface area (Å²) in [6.45, 7) is 2.96. The molecule has 1 N–H and O–H groups in total. The molecule has 0 fully saturated rings. The van der Waals surface area contributed by atoms with Crippen molar-refractivity contribution in [3.05, 3.63) is 30.0 Å². The van der Waals surface area contributed by atoms with Crippen LogP contribution in [0.3, 0.4) is 0 Å². The number of carbonyl (C=O) groups excluding carboxylic acids is 1. The molecular formula is C15H17N3O2. The van der Waals surface area contributed by atoms with Gasteiger partial charge in [0.05, 0.1) is 19.1 Å². The first kappa shape index (κ1) is 13.9. The molecule has 0 radical (unpaired) electrons. The van der Waals surface area contributed by atoms with Crippen LogP contribution < -0.4 is 4.74 Å². The first-order chi connectivity index (χ1) is 9.65. The van der Waals surface area contributed by atoms with Gasteiger partial charge in [0.25, 0.3) is 5.91 Å². The number of nitriles is 1. The Hall–Kier alpha value is -2.48. The summed E-state index contributed by atoms with van der Waals surface area (Å²) in [5, 5.41) is 9.52. The van der Waals surface area contributed by atoms with Gasteiger partial charge < -0.3 is 14.6 Å². The number of rotatable bonds is 5. The summed E-state index contributed by atoms with van der Waals surface area (Å²) in [6.07, 6.45) is 0.330. The maximum absolute atomic E-state index is 12.2. The average molecular weight is 271 g/mol. The SMILES string of the molecule is CCOc1ccc2cc(C(=O)N(C)CCC#N)[nH]c2c1.